The molecule has 0 amide bonds. The summed E-state index contributed by atoms with van der Waals surface area (Å²) >= 11 is 0. The Bertz CT molecular complexity index is 375. The smallest absolute Gasteiger partial charge is 0.455 e. The van der Waals surface area contributed by atoms with Gasteiger partial charge in [-0.15, -0.1) is 0 Å². The third-order valence-corrected chi connectivity index (χ3v) is 1.71. The molecule has 0 saturated carbocycles. The van der Waals surface area contributed by atoms with Gasteiger partial charge < -0.3 is 9.26 Å². The van der Waals surface area contributed by atoms with Gasteiger partial charge in [0.2, 0.25) is 5.89 Å². The highest BCUT2D eigenvalue weighted by Gasteiger charge is 2.38. The molecule has 1 atom stereocenters. The molecule has 0 saturated heterocycles. The molecular formula is C8H9F3N2O3. The fourth-order valence-electron chi connectivity index (χ4n) is 0.894. The summed E-state index contributed by atoms with van der Waals surface area (Å²) in [5.41, 5.74) is 0. The van der Waals surface area contributed by atoms with Gasteiger partial charge in [0.05, 0.1) is 6.61 Å². The molecule has 8 heteroatoms. The van der Waals surface area contributed by atoms with Crippen LogP contribution in [0.3, 0.4) is 0 Å². The van der Waals surface area contributed by atoms with Crippen molar-refractivity contribution < 1.29 is 27.2 Å². The number of rotatable bonds is 3. The third-order valence-electron chi connectivity index (χ3n) is 1.71. The summed E-state index contributed by atoms with van der Waals surface area (Å²) in [4.78, 5) is 14.3. The zero-order valence-electron chi connectivity index (χ0n) is 8.54. The Hall–Kier alpha value is -1.60. The van der Waals surface area contributed by atoms with E-state index in [4.69, 9.17) is 0 Å². The van der Waals surface area contributed by atoms with Crippen LogP contribution in [0.5, 0.6) is 0 Å². The van der Waals surface area contributed by atoms with Crippen LogP contribution in [0.15, 0.2) is 4.52 Å². The first kappa shape index (κ1) is 12.5. The number of hydrogen-bond acceptors (Lipinski definition) is 5. The molecule has 0 aliphatic rings. The summed E-state index contributed by atoms with van der Waals surface area (Å²) in [6, 6.07) is 0. The second kappa shape index (κ2) is 4.50. The number of ether oxygens (including phenoxy) is 1. The highest BCUT2D eigenvalue weighted by molar-refractivity contribution is 5.76. The van der Waals surface area contributed by atoms with Gasteiger partial charge in [-0.25, -0.2) is 0 Å². The Labute approximate surface area is 88.6 Å². The number of carbonyl (C=O) groups is 1. The van der Waals surface area contributed by atoms with Gasteiger partial charge in [-0.2, -0.15) is 18.2 Å². The number of carbonyl (C=O) groups excluding carboxylic acids is 1. The fraction of sp³-hybridized carbons (Fsp3) is 0.625. The topological polar surface area (TPSA) is 65.2 Å². The largest absolute Gasteiger partial charge is 0.465 e. The molecule has 1 rings (SSSR count). The molecule has 1 aromatic heterocycles. The number of alkyl halides is 3. The Balaban J connectivity index is 2.82. The van der Waals surface area contributed by atoms with Crippen LogP contribution in [0.2, 0.25) is 0 Å². The van der Waals surface area contributed by atoms with Crippen LogP contribution in [-0.4, -0.2) is 22.7 Å². The normalized spacial score (nSPS) is 13.6. The van der Waals surface area contributed by atoms with E-state index >= 15 is 0 Å². The Morgan fingerprint density at radius 1 is 1.56 bits per heavy atom. The molecular weight excluding hydrogens is 229 g/mol. The van der Waals surface area contributed by atoms with Gasteiger partial charge >= 0.3 is 12.1 Å². The molecule has 90 valence electrons. The van der Waals surface area contributed by atoms with Crippen molar-refractivity contribution in [1.82, 2.24) is 10.1 Å². The van der Waals surface area contributed by atoms with E-state index in [1.807, 2.05) is 0 Å². The van der Waals surface area contributed by atoms with E-state index in [0.717, 1.165) is 0 Å². The number of esters is 1. The maximum Gasteiger partial charge on any atom is 0.455 e. The molecule has 16 heavy (non-hydrogen) atoms. The SMILES string of the molecule is CCOC(=O)C(C)c1nc(C(F)(F)F)no1. The quantitative estimate of drug-likeness (QED) is 0.750. The summed E-state index contributed by atoms with van der Waals surface area (Å²) < 4.78 is 45.3. The predicted molar refractivity (Wildman–Crippen MR) is 44.3 cm³/mol. The highest BCUT2D eigenvalue weighted by atomic mass is 19.4. The molecule has 0 bridgehead atoms. The lowest BCUT2D eigenvalue weighted by Crippen LogP contribution is -2.14. The first-order valence-corrected chi connectivity index (χ1v) is 4.43. The number of hydrogen-bond donors (Lipinski definition) is 0. The van der Waals surface area contributed by atoms with Crippen molar-refractivity contribution in [3.05, 3.63) is 11.7 Å². The summed E-state index contributed by atoms with van der Waals surface area (Å²) in [6.45, 7) is 3.04. The molecule has 0 N–H and O–H groups in total. The molecule has 0 aliphatic carbocycles. The van der Waals surface area contributed by atoms with Crippen molar-refractivity contribution in [2.45, 2.75) is 25.9 Å². The number of nitrogens with zero attached hydrogens (tertiary/aromatic N) is 2. The zero-order valence-corrected chi connectivity index (χ0v) is 8.54. The van der Waals surface area contributed by atoms with E-state index in [0.29, 0.717) is 0 Å². The molecule has 0 radical (unpaired) electrons. The summed E-state index contributed by atoms with van der Waals surface area (Å²) in [5.74, 6) is -3.53. The van der Waals surface area contributed by atoms with Gasteiger partial charge in [-0.3, -0.25) is 4.79 Å². The van der Waals surface area contributed by atoms with Crippen molar-refractivity contribution in [1.29, 1.82) is 0 Å². The molecule has 0 spiro atoms. The van der Waals surface area contributed by atoms with Crippen LogP contribution >= 0.6 is 0 Å². The maximum atomic E-state index is 12.1. The summed E-state index contributed by atoms with van der Waals surface area (Å²) in [7, 11) is 0. The van der Waals surface area contributed by atoms with Crippen molar-refractivity contribution in [3.8, 4) is 0 Å². The van der Waals surface area contributed by atoms with Gasteiger partial charge in [-0.1, -0.05) is 5.16 Å². The van der Waals surface area contributed by atoms with Gasteiger partial charge in [0.25, 0.3) is 5.82 Å². The Kier molecular flexibility index (Phi) is 3.51. The molecule has 1 heterocycles. The lowest BCUT2D eigenvalue weighted by Gasteiger charge is -2.04. The molecule has 1 unspecified atom stereocenters. The molecule has 1 aromatic rings. The van der Waals surface area contributed by atoms with Crippen molar-refractivity contribution in [3.63, 3.8) is 0 Å². The number of halogens is 3. The van der Waals surface area contributed by atoms with Crippen LogP contribution in [0, 0.1) is 0 Å². The van der Waals surface area contributed by atoms with Crippen molar-refractivity contribution >= 4 is 5.97 Å². The van der Waals surface area contributed by atoms with Crippen LogP contribution in [0.1, 0.15) is 31.5 Å². The van der Waals surface area contributed by atoms with Crippen LogP contribution in [0.25, 0.3) is 0 Å². The lowest BCUT2D eigenvalue weighted by atomic mass is 10.2. The molecule has 5 nitrogen and oxygen atoms in total. The predicted octanol–water partition coefficient (Wildman–Crippen LogP) is 1.76. The van der Waals surface area contributed by atoms with Gasteiger partial charge in [0.1, 0.15) is 5.92 Å². The number of aromatic nitrogens is 2. The molecule has 0 aromatic carbocycles. The van der Waals surface area contributed by atoms with Crippen LogP contribution < -0.4 is 0 Å². The molecule has 0 aliphatic heterocycles. The van der Waals surface area contributed by atoms with Crippen LogP contribution in [0.4, 0.5) is 13.2 Å². The third kappa shape index (κ3) is 2.71. The minimum Gasteiger partial charge on any atom is -0.465 e. The zero-order chi connectivity index (χ0) is 12.3. The van der Waals surface area contributed by atoms with E-state index < -0.39 is 29.8 Å². The minimum atomic E-state index is -4.68. The van der Waals surface area contributed by atoms with Gasteiger partial charge in [0, 0.05) is 0 Å². The van der Waals surface area contributed by atoms with Gasteiger partial charge in [-0.05, 0) is 13.8 Å². The van der Waals surface area contributed by atoms with E-state index in [-0.39, 0.29) is 6.61 Å². The second-order valence-electron chi connectivity index (χ2n) is 2.93. The Morgan fingerprint density at radius 3 is 2.62 bits per heavy atom. The summed E-state index contributed by atoms with van der Waals surface area (Å²) in [6.07, 6.45) is -4.68. The van der Waals surface area contributed by atoms with E-state index in [1.54, 1.807) is 6.92 Å². The van der Waals surface area contributed by atoms with E-state index in [1.165, 1.54) is 6.92 Å². The Morgan fingerprint density at radius 2 is 2.19 bits per heavy atom. The monoisotopic (exact) mass is 238 g/mol. The van der Waals surface area contributed by atoms with E-state index in [9.17, 15) is 18.0 Å². The molecule has 0 fully saturated rings. The maximum absolute atomic E-state index is 12.1. The lowest BCUT2D eigenvalue weighted by molar-refractivity contribution is -0.146. The average molecular weight is 238 g/mol. The van der Waals surface area contributed by atoms with Crippen LogP contribution in [-0.2, 0) is 15.7 Å². The highest BCUT2D eigenvalue weighted by Crippen LogP contribution is 2.27. The van der Waals surface area contributed by atoms with Crippen molar-refractivity contribution in [2.24, 2.45) is 0 Å². The van der Waals surface area contributed by atoms with Gasteiger partial charge in [0.15, 0.2) is 0 Å². The first-order chi connectivity index (χ1) is 7.36. The summed E-state index contributed by atoms with van der Waals surface area (Å²) in [5, 5.41) is 2.73. The second-order valence-corrected chi connectivity index (χ2v) is 2.93. The first-order valence-electron chi connectivity index (χ1n) is 4.43. The average Bonchev–Trinajstić information content (AvgIpc) is 2.65. The fourth-order valence-corrected chi connectivity index (χ4v) is 0.894. The van der Waals surface area contributed by atoms with Crippen molar-refractivity contribution in [2.75, 3.05) is 6.61 Å². The minimum absolute atomic E-state index is 0.128. The standard InChI is InChI=1S/C8H9F3N2O3/c1-3-15-6(14)4(2)5-12-7(13-16-5)8(9,10)11/h4H,3H2,1-2H3. The van der Waals surface area contributed by atoms with E-state index in [2.05, 4.69) is 19.4 Å².